The molecule has 5 nitrogen and oxygen atoms in total. The summed E-state index contributed by atoms with van der Waals surface area (Å²) in [6.07, 6.45) is 3.90. The van der Waals surface area contributed by atoms with Crippen LogP contribution >= 0.6 is 15.2 Å². The van der Waals surface area contributed by atoms with E-state index in [2.05, 4.69) is 0 Å². The zero-order chi connectivity index (χ0) is 13.9. The second-order valence-corrected chi connectivity index (χ2v) is 8.86. The first-order valence-electron chi connectivity index (χ1n) is 6.34. The Morgan fingerprint density at radius 3 is 2.16 bits per heavy atom. The molecule has 1 aliphatic carbocycles. The van der Waals surface area contributed by atoms with Crippen molar-refractivity contribution in [2.45, 2.75) is 37.8 Å². The number of benzene rings is 1. The van der Waals surface area contributed by atoms with E-state index in [1.54, 1.807) is 18.2 Å². The van der Waals surface area contributed by atoms with Crippen molar-refractivity contribution < 1.29 is 23.2 Å². The highest BCUT2D eigenvalue weighted by molar-refractivity contribution is 7.71. The average molecular weight is 304 g/mol. The molecule has 0 aromatic heterocycles. The van der Waals surface area contributed by atoms with Gasteiger partial charge in [-0.3, -0.25) is 9.13 Å². The minimum absolute atomic E-state index is 0.0417. The Hall–Kier alpha value is -0.440. The molecule has 1 saturated carbocycles. The fraction of sp³-hybridized carbons (Fsp3) is 0.500. The molecule has 2 unspecified atom stereocenters. The lowest BCUT2D eigenvalue weighted by molar-refractivity contribution is 0.317. The van der Waals surface area contributed by atoms with E-state index < -0.39 is 20.9 Å². The molecule has 0 radical (unpaired) electrons. The highest BCUT2D eigenvalue weighted by Gasteiger charge is 2.40. The topological polar surface area (TPSA) is 83.8 Å². The summed E-state index contributed by atoms with van der Waals surface area (Å²) in [5.41, 5.74) is -0.523. The van der Waals surface area contributed by atoms with Gasteiger partial charge in [-0.25, -0.2) is 4.31 Å². The maximum atomic E-state index is 12.2. The van der Waals surface area contributed by atoms with Crippen LogP contribution in [0.5, 0.6) is 0 Å². The van der Waals surface area contributed by atoms with E-state index in [9.17, 15) is 18.9 Å². The van der Waals surface area contributed by atoms with E-state index in [4.69, 9.17) is 4.31 Å². The highest BCUT2D eigenvalue weighted by Crippen LogP contribution is 2.63. The maximum Gasteiger partial charge on any atom is 0.365 e. The van der Waals surface area contributed by atoms with Gasteiger partial charge in [-0.2, -0.15) is 0 Å². The van der Waals surface area contributed by atoms with Crippen molar-refractivity contribution in [1.82, 2.24) is 0 Å². The summed E-state index contributed by atoms with van der Waals surface area (Å²) in [6.45, 7) is 0. The molecule has 1 aromatic carbocycles. The third-order valence-corrected chi connectivity index (χ3v) is 7.56. The Kier molecular flexibility index (Phi) is 4.65. The van der Waals surface area contributed by atoms with Gasteiger partial charge in [0.1, 0.15) is 0 Å². The standard InChI is InChI=1S/C12H18O5P2/c13-18(14,11-7-3-1-4-8-11)17-19(15,16)12-9-5-2-6-10-12/h1,3-4,7-8,12H,2,5-6,9-10H2,(H,13,14)(H,15,16). The number of rotatable bonds is 4. The molecule has 0 aliphatic heterocycles. The smallest absolute Gasteiger partial charge is 0.324 e. The van der Waals surface area contributed by atoms with Crippen LogP contribution in [0.4, 0.5) is 0 Å². The second kappa shape index (κ2) is 5.90. The first-order valence-corrected chi connectivity index (χ1v) is 9.56. The third kappa shape index (κ3) is 3.77. The van der Waals surface area contributed by atoms with Crippen molar-refractivity contribution in [1.29, 1.82) is 0 Å². The van der Waals surface area contributed by atoms with Crippen LogP contribution < -0.4 is 5.30 Å². The van der Waals surface area contributed by atoms with Gasteiger partial charge in [0.15, 0.2) is 0 Å². The van der Waals surface area contributed by atoms with E-state index in [1.165, 1.54) is 12.1 Å². The molecule has 0 saturated heterocycles. The average Bonchev–Trinajstić information content (AvgIpc) is 2.40. The van der Waals surface area contributed by atoms with Crippen LogP contribution in [-0.2, 0) is 13.4 Å². The molecule has 0 spiro atoms. The molecule has 0 bridgehead atoms. The molecule has 0 heterocycles. The maximum absolute atomic E-state index is 12.2. The van der Waals surface area contributed by atoms with Crippen molar-refractivity contribution in [2.75, 3.05) is 0 Å². The van der Waals surface area contributed by atoms with Gasteiger partial charge in [0.2, 0.25) is 0 Å². The summed E-state index contributed by atoms with van der Waals surface area (Å²) in [5.74, 6) is 0. The van der Waals surface area contributed by atoms with Gasteiger partial charge in [-0.1, -0.05) is 37.5 Å². The first-order chi connectivity index (χ1) is 8.92. The summed E-state index contributed by atoms with van der Waals surface area (Å²) >= 11 is 0. The summed E-state index contributed by atoms with van der Waals surface area (Å²) < 4.78 is 29.0. The van der Waals surface area contributed by atoms with E-state index >= 15 is 0 Å². The minimum atomic E-state index is -4.25. The van der Waals surface area contributed by atoms with Crippen LogP contribution in [0, 0.1) is 0 Å². The molecule has 2 N–H and O–H groups in total. The van der Waals surface area contributed by atoms with E-state index in [-0.39, 0.29) is 5.30 Å². The van der Waals surface area contributed by atoms with Crippen LogP contribution in [0.25, 0.3) is 0 Å². The SMILES string of the molecule is O=P(O)(OP(=O)(O)C1CCCCC1)c1ccccc1. The van der Waals surface area contributed by atoms with Gasteiger partial charge in [0.25, 0.3) is 0 Å². The summed E-state index contributed by atoms with van der Waals surface area (Å²) in [5, 5.41) is 0.0417. The first kappa shape index (κ1) is 15.0. The lowest BCUT2D eigenvalue weighted by atomic mass is 10.0. The molecule has 1 fully saturated rings. The minimum Gasteiger partial charge on any atom is -0.324 e. The monoisotopic (exact) mass is 304 g/mol. The molecule has 7 heteroatoms. The second-order valence-electron chi connectivity index (χ2n) is 4.79. The molecule has 2 atom stereocenters. The molecular formula is C12H18O5P2. The fourth-order valence-electron chi connectivity index (χ4n) is 2.30. The van der Waals surface area contributed by atoms with Crippen LogP contribution in [0.3, 0.4) is 0 Å². The number of hydrogen-bond acceptors (Lipinski definition) is 3. The van der Waals surface area contributed by atoms with Crippen molar-refractivity contribution in [2.24, 2.45) is 0 Å². The summed E-state index contributed by atoms with van der Waals surface area (Å²) in [7, 11) is -8.31. The van der Waals surface area contributed by atoms with Crippen LogP contribution in [-0.4, -0.2) is 15.4 Å². The van der Waals surface area contributed by atoms with Gasteiger partial charge >= 0.3 is 15.2 Å². The summed E-state index contributed by atoms with van der Waals surface area (Å²) in [6, 6.07) is 7.71. The molecule has 106 valence electrons. The van der Waals surface area contributed by atoms with Gasteiger partial charge < -0.3 is 9.79 Å². The Bertz CT molecular complexity index is 510. The Morgan fingerprint density at radius 2 is 1.58 bits per heavy atom. The van der Waals surface area contributed by atoms with Crippen LogP contribution in [0.2, 0.25) is 0 Å². The molecule has 1 aromatic rings. The molecule has 2 rings (SSSR count). The lowest BCUT2D eigenvalue weighted by Gasteiger charge is -2.27. The van der Waals surface area contributed by atoms with Crippen LogP contribution in [0.1, 0.15) is 32.1 Å². The predicted octanol–water partition coefficient (Wildman–Crippen LogP) is 3.03. The molecule has 0 amide bonds. The largest absolute Gasteiger partial charge is 0.365 e. The van der Waals surface area contributed by atoms with Crippen molar-refractivity contribution >= 4 is 20.5 Å². The van der Waals surface area contributed by atoms with Crippen molar-refractivity contribution in [3.63, 3.8) is 0 Å². The van der Waals surface area contributed by atoms with Gasteiger partial charge in [0, 0.05) is 0 Å². The lowest BCUT2D eigenvalue weighted by Crippen LogP contribution is -2.16. The van der Waals surface area contributed by atoms with Gasteiger partial charge in [0.05, 0.1) is 11.0 Å². The number of hydrogen-bond donors (Lipinski definition) is 2. The van der Waals surface area contributed by atoms with E-state index in [0.29, 0.717) is 12.8 Å². The zero-order valence-corrected chi connectivity index (χ0v) is 12.3. The van der Waals surface area contributed by atoms with E-state index in [0.717, 1.165) is 19.3 Å². The normalized spacial score (nSPS) is 23.5. The van der Waals surface area contributed by atoms with Crippen molar-refractivity contribution in [3.8, 4) is 0 Å². The molecule has 19 heavy (non-hydrogen) atoms. The summed E-state index contributed by atoms with van der Waals surface area (Å²) in [4.78, 5) is 19.8. The van der Waals surface area contributed by atoms with Gasteiger partial charge in [-0.05, 0) is 25.0 Å². The third-order valence-electron chi connectivity index (χ3n) is 3.35. The van der Waals surface area contributed by atoms with E-state index in [1.807, 2.05) is 0 Å². The molecule has 1 aliphatic rings. The Balaban J connectivity index is 2.15. The van der Waals surface area contributed by atoms with Crippen LogP contribution in [0.15, 0.2) is 30.3 Å². The Labute approximate surface area is 112 Å². The Morgan fingerprint density at radius 1 is 1.00 bits per heavy atom. The quantitative estimate of drug-likeness (QED) is 0.835. The molecular weight excluding hydrogens is 286 g/mol. The highest BCUT2D eigenvalue weighted by atomic mass is 31.3. The van der Waals surface area contributed by atoms with Gasteiger partial charge in [-0.15, -0.1) is 0 Å². The fourth-order valence-corrected chi connectivity index (χ4v) is 6.04. The predicted molar refractivity (Wildman–Crippen MR) is 73.7 cm³/mol. The zero-order valence-electron chi connectivity index (χ0n) is 10.5. The van der Waals surface area contributed by atoms with Crippen molar-refractivity contribution in [3.05, 3.63) is 30.3 Å².